The van der Waals surface area contributed by atoms with E-state index in [0.29, 0.717) is 11.4 Å². The van der Waals surface area contributed by atoms with Crippen molar-refractivity contribution in [3.8, 4) is 5.75 Å². The molecule has 0 fully saturated rings. The number of hydrogen-bond donors (Lipinski definition) is 1. The number of rotatable bonds is 7. The topological polar surface area (TPSA) is 128 Å². The molecule has 0 unspecified atom stereocenters. The first kappa shape index (κ1) is 21.4. The summed E-state index contributed by atoms with van der Waals surface area (Å²) in [6.45, 7) is -0.313. The van der Waals surface area contributed by atoms with Gasteiger partial charge in [0.15, 0.2) is 0 Å². The van der Waals surface area contributed by atoms with E-state index in [0.717, 1.165) is 24.1 Å². The van der Waals surface area contributed by atoms with Crippen molar-refractivity contribution < 1.29 is 28.8 Å². The number of hydrogen-bond acceptors (Lipinski definition) is 7. The fourth-order valence-electron chi connectivity index (χ4n) is 2.48. The molecule has 0 aliphatic carbocycles. The number of nitro groups is 1. The first-order chi connectivity index (χ1) is 13.7. The van der Waals surface area contributed by atoms with Gasteiger partial charge in [-0.05, 0) is 18.2 Å². The first-order valence-corrected chi connectivity index (χ1v) is 8.32. The first-order valence-electron chi connectivity index (χ1n) is 8.32. The summed E-state index contributed by atoms with van der Waals surface area (Å²) >= 11 is 0. The second-order valence-electron chi connectivity index (χ2n) is 5.96. The average molecular weight is 401 g/mol. The van der Waals surface area contributed by atoms with Crippen LogP contribution < -0.4 is 10.1 Å². The zero-order valence-corrected chi connectivity index (χ0v) is 16.0. The highest BCUT2D eigenvalue weighted by atomic mass is 16.6. The maximum absolute atomic E-state index is 12.6. The zero-order chi connectivity index (χ0) is 21.6. The van der Waals surface area contributed by atoms with Crippen LogP contribution in [0.1, 0.15) is 20.7 Å². The lowest BCUT2D eigenvalue weighted by Crippen LogP contribution is -2.35. The molecule has 29 heavy (non-hydrogen) atoms. The molecule has 0 saturated carbocycles. The number of likely N-dealkylation sites (N-methyl/N-ethyl adjacent to an activating group) is 1. The van der Waals surface area contributed by atoms with E-state index >= 15 is 0 Å². The van der Waals surface area contributed by atoms with Crippen molar-refractivity contribution in [1.82, 2.24) is 4.90 Å². The van der Waals surface area contributed by atoms with Crippen LogP contribution in [-0.2, 0) is 9.53 Å². The predicted octanol–water partition coefficient (Wildman–Crippen LogP) is 2.10. The molecule has 0 bridgehead atoms. The molecule has 152 valence electrons. The molecular weight excluding hydrogens is 382 g/mol. The molecule has 2 aromatic rings. The molecule has 0 aromatic heterocycles. The van der Waals surface area contributed by atoms with Gasteiger partial charge in [0.2, 0.25) is 5.91 Å². The normalized spacial score (nSPS) is 10.0. The van der Waals surface area contributed by atoms with Crippen molar-refractivity contribution in [2.45, 2.75) is 0 Å². The van der Waals surface area contributed by atoms with E-state index in [-0.39, 0.29) is 17.7 Å². The Morgan fingerprint density at radius 3 is 2.41 bits per heavy atom. The number of amides is 2. The predicted molar refractivity (Wildman–Crippen MR) is 103 cm³/mol. The van der Waals surface area contributed by atoms with Gasteiger partial charge in [0.1, 0.15) is 5.75 Å². The summed E-state index contributed by atoms with van der Waals surface area (Å²) in [4.78, 5) is 48.0. The quantitative estimate of drug-likeness (QED) is 0.427. The monoisotopic (exact) mass is 401 g/mol. The van der Waals surface area contributed by atoms with E-state index in [1.54, 1.807) is 24.3 Å². The Morgan fingerprint density at radius 2 is 1.79 bits per heavy atom. The fourth-order valence-corrected chi connectivity index (χ4v) is 2.48. The summed E-state index contributed by atoms with van der Waals surface area (Å²) in [6.07, 6.45) is 0. The van der Waals surface area contributed by atoms with Crippen LogP contribution in [0.4, 0.5) is 11.4 Å². The highest BCUT2D eigenvalue weighted by Crippen LogP contribution is 2.20. The van der Waals surface area contributed by atoms with Crippen molar-refractivity contribution in [2.75, 3.05) is 33.1 Å². The Kier molecular flexibility index (Phi) is 6.85. The van der Waals surface area contributed by atoms with Crippen LogP contribution >= 0.6 is 0 Å². The highest BCUT2D eigenvalue weighted by molar-refractivity contribution is 6.01. The molecule has 1 N–H and O–H groups in total. The lowest BCUT2D eigenvalue weighted by Gasteiger charge is -2.17. The van der Waals surface area contributed by atoms with Crippen molar-refractivity contribution in [1.29, 1.82) is 0 Å². The Morgan fingerprint density at radius 1 is 1.10 bits per heavy atom. The maximum Gasteiger partial charge on any atom is 0.338 e. The molecule has 2 aromatic carbocycles. The van der Waals surface area contributed by atoms with Crippen molar-refractivity contribution in [2.24, 2.45) is 0 Å². The van der Waals surface area contributed by atoms with Gasteiger partial charge in [0.05, 0.1) is 31.3 Å². The van der Waals surface area contributed by atoms with Crippen LogP contribution in [0.15, 0.2) is 42.5 Å². The number of ether oxygens (including phenoxy) is 2. The molecule has 0 aliphatic heterocycles. The minimum Gasteiger partial charge on any atom is -0.497 e. The number of carbonyl (C=O) groups excluding carboxylic acids is 3. The summed E-state index contributed by atoms with van der Waals surface area (Å²) in [7, 11) is 3.98. The number of benzene rings is 2. The molecule has 0 radical (unpaired) electrons. The van der Waals surface area contributed by atoms with E-state index in [4.69, 9.17) is 4.74 Å². The third kappa shape index (κ3) is 5.51. The van der Waals surface area contributed by atoms with Crippen molar-refractivity contribution >= 4 is 29.2 Å². The molecule has 0 atom stereocenters. The fraction of sp³-hybridized carbons (Fsp3) is 0.211. The zero-order valence-electron chi connectivity index (χ0n) is 16.0. The third-order valence-electron chi connectivity index (χ3n) is 3.88. The smallest absolute Gasteiger partial charge is 0.338 e. The number of nitro benzene ring substituents is 1. The number of nitrogens with zero attached hydrogens (tertiary/aromatic N) is 2. The SMILES string of the molecule is COC(=O)c1cc(C(=O)N(C)CC(=O)Nc2cccc(OC)c2)cc([N+](=O)[O-])c1. The summed E-state index contributed by atoms with van der Waals surface area (Å²) in [5.41, 5.74) is -0.209. The van der Waals surface area contributed by atoms with Crippen LogP contribution in [0.5, 0.6) is 5.75 Å². The molecule has 10 nitrogen and oxygen atoms in total. The number of carbonyl (C=O) groups is 3. The summed E-state index contributed by atoms with van der Waals surface area (Å²) in [5.74, 6) is -1.41. The standard InChI is InChI=1S/C19H19N3O7/c1-21(11-17(23)20-14-5-4-6-16(10-14)28-2)18(24)12-7-13(19(25)29-3)9-15(8-12)22(26)27/h4-10H,11H2,1-3H3,(H,20,23). The second-order valence-corrected chi connectivity index (χ2v) is 5.96. The molecule has 2 amide bonds. The number of anilines is 1. The maximum atomic E-state index is 12.6. The van der Waals surface area contributed by atoms with Crippen molar-refractivity contribution in [3.63, 3.8) is 0 Å². The van der Waals surface area contributed by atoms with E-state index in [9.17, 15) is 24.5 Å². The lowest BCUT2D eigenvalue weighted by atomic mass is 10.1. The second kappa shape index (κ2) is 9.31. The van der Waals surface area contributed by atoms with Gasteiger partial charge in [0.25, 0.3) is 11.6 Å². The van der Waals surface area contributed by atoms with Crippen LogP contribution in [-0.4, -0.2) is 55.4 Å². The molecule has 0 saturated heterocycles. The minimum atomic E-state index is -0.818. The van der Waals surface area contributed by atoms with Gasteiger partial charge in [-0.3, -0.25) is 19.7 Å². The minimum absolute atomic E-state index is 0.115. The summed E-state index contributed by atoms with van der Waals surface area (Å²) in [5, 5.41) is 13.7. The Bertz CT molecular complexity index is 959. The van der Waals surface area contributed by atoms with E-state index in [1.807, 2.05) is 0 Å². The Hall–Kier alpha value is -3.95. The third-order valence-corrected chi connectivity index (χ3v) is 3.88. The molecule has 10 heteroatoms. The van der Waals surface area contributed by atoms with Gasteiger partial charge in [-0.1, -0.05) is 6.07 Å². The average Bonchev–Trinajstić information content (AvgIpc) is 2.72. The Labute approximate surface area is 166 Å². The summed E-state index contributed by atoms with van der Waals surface area (Å²) < 4.78 is 9.63. The van der Waals surface area contributed by atoms with Gasteiger partial charge in [-0.2, -0.15) is 0 Å². The highest BCUT2D eigenvalue weighted by Gasteiger charge is 2.21. The molecule has 0 heterocycles. The van der Waals surface area contributed by atoms with Crippen LogP contribution in [0.2, 0.25) is 0 Å². The number of nitrogens with one attached hydrogen (secondary N) is 1. The number of non-ortho nitro benzene ring substituents is 1. The molecule has 0 spiro atoms. The van der Waals surface area contributed by atoms with Gasteiger partial charge in [-0.15, -0.1) is 0 Å². The van der Waals surface area contributed by atoms with E-state index in [1.165, 1.54) is 20.2 Å². The molecule has 0 aliphatic rings. The largest absolute Gasteiger partial charge is 0.497 e. The number of esters is 1. The van der Waals surface area contributed by atoms with Gasteiger partial charge in [-0.25, -0.2) is 4.79 Å². The molecular formula is C19H19N3O7. The molecule has 2 rings (SSSR count). The van der Waals surface area contributed by atoms with Crippen LogP contribution in [0.25, 0.3) is 0 Å². The Balaban J connectivity index is 2.16. The van der Waals surface area contributed by atoms with Gasteiger partial charge < -0.3 is 19.7 Å². The van der Waals surface area contributed by atoms with E-state index < -0.39 is 28.4 Å². The summed E-state index contributed by atoms with van der Waals surface area (Å²) in [6, 6.07) is 9.91. The number of methoxy groups -OCH3 is 2. The van der Waals surface area contributed by atoms with Gasteiger partial charge >= 0.3 is 5.97 Å². The van der Waals surface area contributed by atoms with Crippen molar-refractivity contribution in [3.05, 3.63) is 63.7 Å². The van der Waals surface area contributed by atoms with Crippen LogP contribution in [0, 0.1) is 10.1 Å². The van der Waals surface area contributed by atoms with E-state index in [2.05, 4.69) is 10.1 Å². The van der Waals surface area contributed by atoms with Crippen LogP contribution in [0.3, 0.4) is 0 Å². The lowest BCUT2D eigenvalue weighted by molar-refractivity contribution is -0.384. The van der Waals surface area contributed by atoms with Gasteiger partial charge in [0, 0.05) is 36.5 Å².